The van der Waals surface area contributed by atoms with Crippen LogP contribution in [0.4, 0.5) is 0 Å². The van der Waals surface area contributed by atoms with E-state index in [0.29, 0.717) is 11.5 Å². The number of fused-ring (bicyclic) bond motifs is 2. The van der Waals surface area contributed by atoms with E-state index in [9.17, 15) is 0 Å². The number of nitrogens with zero attached hydrogens (tertiary/aromatic N) is 3. The van der Waals surface area contributed by atoms with E-state index in [0.717, 1.165) is 24.0 Å². The third-order valence-corrected chi connectivity index (χ3v) is 3.77. The Morgan fingerprint density at radius 1 is 1.10 bits per heavy atom. The predicted molar refractivity (Wildman–Crippen MR) is 74.8 cm³/mol. The van der Waals surface area contributed by atoms with E-state index in [1.165, 1.54) is 30.3 Å². The molecule has 100 valence electrons. The fourth-order valence-electron chi connectivity index (χ4n) is 2.77. The summed E-state index contributed by atoms with van der Waals surface area (Å²) in [4.78, 5) is 8.35. The third-order valence-electron chi connectivity index (χ3n) is 3.77. The van der Waals surface area contributed by atoms with Crippen LogP contribution in [0.2, 0.25) is 0 Å². The molecule has 4 rings (SSSR count). The summed E-state index contributed by atoms with van der Waals surface area (Å²) in [6, 6.07) is 6.25. The molecule has 5 heteroatoms. The molecule has 1 aliphatic rings. The van der Waals surface area contributed by atoms with Crippen LogP contribution < -0.4 is 4.74 Å². The van der Waals surface area contributed by atoms with E-state index < -0.39 is 0 Å². The topological polar surface area (TPSA) is 63.7 Å². The van der Waals surface area contributed by atoms with Crippen LogP contribution in [-0.2, 0) is 12.8 Å². The molecular formula is C15H14N4O. The number of rotatable bonds is 2. The van der Waals surface area contributed by atoms with Crippen LogP contribution in [0.5, 0.6) is 11.6 Å². The summed E-state index contributed by atoms with van der Waals surface area (Å²) in [7, 11) is 0. The van der Waals surface area contributed by atoms with E-state index >= 15 is 0 Å². The van der Waals surface area contributed by atoms with Gasteiger partial charge in [-0.3, -0.25) is 5.10 Å². The Morgan fingerprint density at radius 2 is 2.05 bits per heavy atom. The smallest absolute Gasteiger partial charge is 0.233 e. The van der Waals surface area contributed by atoms with Crippen LogP contribution in [-0.4, -0.2) is 20.2 Å². The minimum Gasteiger partial charge on any atom is -0.438 e. The predicted octanol–water partition coefficient (Wildman–Crippen LogP) is 3.02. The van der Waals surface area contributed by atoms with Gasteiger partial charge in [0, 0.05) is 0 Å². The van der Waals surface area contributed by atoms with Gasteiger partial charge in [-0.1, -0.05) is 12.1 Å². The first-order chi connectivity index (χ1) is 9.92. The maximum Gasteiger partial charge on any atom is 0.233 e. The lowest BCUT2D eigenvalue weighted by molar-refractivity contribution is 0.457. The van der Waals surface area contributed by atoms with E-state index in [1.807, 2.05) is 12.1 Å². The molecule has 0 fully saturated rings. The summed E-state index contributed by atoms with van der Waals surface area (Å²) in [5.41, 5.74) is 3.40. The molecule has 0 saturated heterocycles. The highest BCUT2D eigenvalue weighted by Gasteiger charge is 2.16. The van der Waals surface area contributed by atoms with E-state index in [4.69, 9.17) is 4.74 Å². The fourth-order valence-corrected chi connectivity index (χ4v) is 2.77. The standard InChI is InChI=1S/C15H14N4O/c1-2-6-11-10(4-1)5-3-7-13(11)20-15-12-8-18-19-14(12)16-9-17-15/h3,5,7-9H,1-2,4,6H2,(H,16,17,18,19). The number of ether oxygens (including phenoxy) is 1. The maximum absolute atomic E-state index is 6.04. The summed E-state index contributed by atoms with van der Waals surface area (Å²) in [5.74, 6) is 1.46. The van der Waals surface area contributed by atoms with Crippen LogP contribution in [0.1, 0.15) is 24.0 Å². The van der Waals surface area contributed by atoms with Crippen molar-refractivity contribution in [3.05, 3.63) is 41.9 Å². The number of aryl methyl sites for hydroxylation is 1. The van der Waals surface area contributed by atoms with Crippen molar-refractivity contribution in [2.24, 2.45) is 0 Å². The quantitative estimate of drug-likeness (QED) is 0.774. The van der Waals surface area contributed by atoms with Gasteiger partial charge in [0.1, 0.15) is 17.5 Å². The summed E-state index contributed by atoms with van der Waals surface area (Å²) in [5, 5.41) is 7.62. The average Bonchev–Trinajstić information content (AvgIpc) is 2.97. The molecule has 2 aromatic heterocycles. The highest BCUT2D eigenvalue weighted by molar-refractivity contribution is 5.79. The van der Waals surface area contributed by atoms with Crippen molar-refractivity contribution in [2.45, 2.75) is 25.7 Å². The molecule has 5 nitrogen and oxygen atoms in total. The molecule has 1 aliphatic carbocycles. The van der Waals surface area contributed by atoms with Gasteiger partial charge in [0.2, 0.25) is 5.88 Å². The third kappa shape index (κ3) is 1.82. The van der Waals surface area contributed by atoms with E-state index in [1.54, 1.807) is 6.20 Å². The summed E-state index contributed by atoms with van der Waals surface area (Å²) >= 11 is 0. The van der Waals surface area contributed by atoms with Gasteiger partial charge in [0.25, 0.3) is 0 Å². The molecule has 20 heavy (non-hydrogen) atoms. The van der Waals surface area contributed by atoms with Crippen molar-refractivity contribution in [3.8, 4) is 11.6 Å². The normalized spacial score (nSPS) is 14.2. The minimum atomic E-state index is 0.558. The number of aromatic nitrogens is 4. The van der Waals surface area contributed by atoms with Crippen LogP contribution >= 0.6 is 0 Å². The number of aromatic amines is 1. The lowest BCUT2D eigenvalue weighted by Crippen LogP contribution is -2.04. The largest absolute Gasteiger partial charge is 0.438 e. The zero-order valence-corrected chi connectivity index (χ0v) is 11.0. The Morgan fingerprint density at radius 3 is 3.05 bits per heavy atom. The van der Waals surface area contributed by atoms with Crippen molar-refractivity contribution >= 4 is 11.0 Å². The first kappa shape index (κ1) is 11.4. The molecule has 0 atom stereocenters. The number of benzene rings is 1. The number of hydrogen-bond donors (Lipinski definition) is 1. The van der Waals surface area contributed by atoms with Gasteiger partial charge in [-0.05, 0) is 42.9 Å². The maximum atomic E-state index is 6.04. The highest BCUT2D eigenvalue weighted by atomic mass is 16.5. The van der Waals surface area contributed by atoms with Crippen LogP contribution in [0.25, 0.3) is 11.0 Å². The molecule has 1 N–H and O–H groups in total. The van der Waals surface area contributed by atoms with Crippen molar-refractivity contribution < 1.29 is 4.74 Å². The summed E-state index contributed by atoms with van der Waals surface area (Å²) < 4.78 is 6.04. The molecule has 0 saturated carbocycles. The van der Waals surface area contributed by atoms with E-state index in [-0.39, 0.29) is 0 Å². The molecule has 0 bridgehead atoms. The van der Waals surface area contributed by atoms with E-state index in [2.05, 4.69) is 26.2 Å². The molecule has 1 aromatic carbocycles. The van der Waals surface area contributed by atoms with Gasteiger partial charge in [0.05, 0.1) is 6.20 Å². The average molecular weight is 266 g/mol. The Bertz CT molecular complexity index is 765. The van der Waals surface area contributed by atoms with Crippen LogP contribution in [0.3, 0.4) is 0 Å². The van der Waals surface area contributed by atoms with Gasteiger partial charge in [-0.2, -0.15) is 5.10 Å². The summed E-state index contributed by atoms with van der Waals surface area (Å²) in [6.07, 6.45) is 7.88. The summed E-state index contributed by atoms with van der Waals surface area (Å²) in [6.45, 7) is 0. The molecule has 0 amide bonds. The molecule has 0 unspecified atom stereocenters. The molecule has 0 aliphatic heterocycles. The molecule has 2 heterocycles. The van der Waals surface area contributed by atoms with Crippen LogP contribution in [0, 0.1) is 0 Å². The Balaban J connectivity index is 1.78. The lowest BCUT2D eigenvalue weighted by Gasteiger charge is -2.18. The Kier molecular flexibility index (Phi) is 2.62. The Hall–Kier alpha value is -2.43. The molecule has 0 spiro atoms. The second-order valence-electron chi connectivity index (χ2n) is 5.01. The SMILES string of the molecule is c1cc2c(c(Oc3ncnc4[nH]ncc34)c1)CCCC2. The molecule has 3 aromatic rings. The van der Waals surface area contributed by atoms with Crippen molar-refractivity contribution in [1.29, 1.82) is 0 Å². The van der Waals surface area contributed by atoms with Crippen molar-refractivity contribution in [2.75, 3.05) is 0 Å². The zero-order chi connectivity index (χ0) is 13.4. The molecule has 0 radical (unpaired) electrons. The highest BCUT2D eigenvalue weighted by Crippen LogP contribution is 2.33. The van der Waals surface area contributed by atoms with Gasteiger partial charge in [-0.15, -0.1) is 0 Å². The monoisotopic (exact) mass is 266 g/mol. The van der Waals surface area contributed by atoms with Crippen molar-refractivity contribution in [1.82, 2.24) is 20.2 Å². The first-order valence-electron chi connectivity index (χ1n) is 6.84. The Labute approximate surface area is 116 Å². The number of nitrogens with one attached hydrogen (secondary N) is 1. The van der Waals surface area contributed by atoms with Crippen LogP contribution in [0.15, 0.2) is 30.7 Å². The zero-order valence-electron chi connectivity index (χ0n) is 11.0. The van der Waals surface area contributed by atoms with Gasteiger partial charge < -0.3 is 4.74 Å². The second-order valence-corrected chi connectivity index (χ2v) is 5.01. The van der Waals surface area contributed by atoms with Gasteiger partial charge >= 0.3 is 0 Å². The van der Waals surface area contributed by atoms with Gasteiger partial charge in [0.15, 0.2) is 5.65 Å². The van der Waals surface area contributed by atoms with Crippen molar-refractivity contribution in [3.63, 3.8) is 0 Å². The number of hydrogen-bond acceptors (Lipinski definition) is 4. The lowest BCUT2D eigenvalue weighted by atomic mass is 9.91. The number of H-pyrrole nitrogens is 1. The molecular weight excluding hydrogens is 252 g/mol. The first-order valence-corrected chi connectivity index (χ1v) is 6.84. The van der Waals surface area contributed by atoms with Gasteiger partial charge in [-0.25, -0.2) is 9.97 Å². The second kappa shape index (κ2) is 4.59. The minimum absolute atomic E-state index is 0.558. The fraction of sp³-hybridized carbons (Fsp3) is 0.267.